The van der Waals surface area contributed by atoms with Crippen molar-refractivity contribution in [3.63, 3.8) is 0 Å². The molecule has 1 rings (SSSR count). The molecule has 0 fully saturated rings. The van der Waals surface area contributed by atoms with Crippen molar-refractivity contribution in [2.24, 2.45) is 0 Å². The van der Waals surface area contributed by atoms with Crippen LogP contribution in [0, 0.1) is 0 Å². The van der Waals surface area contributed by atoms with Crippen molar-refractivity contribution < 1.29 is 4.79 Å². The second-order valence-corrected chi connectivity index (χ2v) is 4.46. The Balaban J connectivity index is 2.33. The van der Waals surface area contributed by atoms with Crippen LogP contribution >= 0.6 is 23.2 Å². The minimum absolute atomic E-state index is 0.00284. The van der Waals surface area contributed by atoms with E-state index in [1.807, 2.05) is 13.0 Å². The topological polar surface area (TPSA) is 41.1 Å². The van der Waals surface area contributed by atoms with Crippen molar-refractivity contribution in [3.05, 3.63) is 33.8 Å². The highest BCUT2D eigenvalue weighted by atomic mass is 35.5. The Kier molecular flexibility index (Phi) is 6.34. The summed E-state index contributed by atoms with van der Waals surface area (Å²) in [4.78, 5) is 11.3. The highest BCUT2D eigenvalue weighted by Gasteiger charge is 2.03. The van der Waals surface area contributed by atoms with Gasteiger partial charge in [-0.25, -0.2) is 0 Å². The molecule has 0 aliphatic rings. The molecular weight excluding hydrogens is 259 g/mol. The molecule has 0 radical (unpaired) electrons. The fraction of sp³-hybridized carbons (Fsp3) is 0.417. The highest BCUT2D eigenvalue weighted by molar-refractivity contribution is 6.35. The summed E-state index contributed by atoms with van der Waals surface area (Å²) in [6.07, 6.45) is 0.702. The van der Waals surface area contributed by atoms with Crippen LogP contribution in [-0.4, -0.2) is 25.5 Å². The van der Waals surface area contributed by atoms with Crippen molar-refractivity contribution in [1.82, 2.24) is 10.6 Å². The second kappa shape index (κ2) is 7.54. The van der Waals surface area contributed by atoms with Gasteiger partial charge in [0.1, 0.15) is 0 Å². The molecule has 1 aromatic carbocycles. The van der Waals surface area contributed by atoms with E-state index in [4.69, 9.17) is 23.2 Å². The molecule has 2 N–H and O–H groups in total. The summed E-state index contributed by atoms with van der Waals surface area (Å²) in [6.45, 7) is 3.67. The maximum atomic E-state index is 11.3. The number of benzene rings is 1. The molecule has 0 atom stereocenters. The first-order valence-corrected chi connectivity index (χ1v) is 6.30. The monoisotopic (exact) mass is 274 g/mol. The lowest BCUT2D eigenvalue weighted by molar-refractivity contribution is -0.120. The first-order valence-electron chi connectivity index (χ1n) is 5.54. The zero-order chi connectivity index (χ0) is 12.7. The van der Waals surface area contributed by atoms with Crippen LogP contribution in [0.15, 0.2) is 18.2 Å². The van der Waals surface area contributed by atoms with Gasteiger partial charge in [-0.15, -0.1) is 0 Å². The maximum absolute atomic E-state index is 11.3. The van der Waals surface area contributed by atoms with Gasteiger partial charge in [0.25, 0.3) is 0 Å². The van der Waals surface area contributed by atoms with Gasteiger partial charge in [-0.1, -0.05) is 36.2 Å². The number of likely N-dealkylation sites (N-methyl/N-ethyl adjacent to an activating group) is 1. The minimum Gasteiger partial charge on any atom is -0.355 e. The Morgan fingerprint density at radius 1 is 1.35 bits per heavy atom. The molecule has 0 spiro atoms. The molecular formula is C12H16Cl2N2O. The molecule has 0 aromatic heterocycles. The number of amides is 1. The molecule has 0 aliphatic heterocycles. The van der Waals surface area contributed by atoms with Crippen molar-refractivity contribution in [3.8, 4) is 0 Å². The standard InChI is InChI=1S/C12H16Cl2N2O/c1-2-15-8-12(17)16-6-5-9-3-4-10(13)7-11(9)14/h3-4,7,15H,2,5-6,8H2,1H3,(H,16,17). The lowest BCUT2D eigenvalue weighted by Gasteiger charge is -2.07. The van der Waals surface area contributed by atoms with E-state index >= 15 is 0 Å². The second-order valence-electron chi connectivity index (χ2n) is 3.62. The van der Waals surface area contributed by atoms with Gasteiger partial charge in [0.05, 0.1) is 6.54 Å². The number of nitrogens with one attached hydrogen (secondary N) is 2. The third-order valence-corrected chi connectivity index (χ3v) is 2.85. The van der Waals surface area contributed by atoms with Crippen LogP contribution in [0.2, 0.25) is 10.0 Å². The maximum Gasteiger partial charge on any atom is 0.233 e. The Hall–Kier alpha value is -0.770. The number of halogens is 2. The minimum atomic E-state index is -0.00284. The third kappa shape index (κ3) is 5.39. The predicted octanol–water partition coefficient (Wildman–Crippen LogP) is 2.26. The number of hydrogen-bond donors (Lipinski definition) is 2. The van der Waals surface area contributed by atoms with Crippen LogP contribution in [0.25, 0.3) is 0 Å². The average Bonchev–Trinajstić information content (AvgIpc) is 2.29. The molecule has 5 heteroatoms. The number of carbonyl (C=O) groups is 1. The van der Waals surface area contributed by atoms with E-state index in [0.717, 1.165) is 12.1 Å². The summed E-state index contributed by atoms with van der Waals surface area (Å²) in [7, 11) is 0. The molecule has 0 aliphatic carbocycles. The Morgan fingerprint density at radius 2 is 2.12 bits per heavy atom. The van der Waals surface area contributed by atoms with E-state index < -0.39 is 0 Å². The highest BCUT2D eigenvalue weighted by Crippen LogP contribution is 2.20. The van der Waals surface area contributed by atoms with Gasteiger partial charge < -0.3 is 10.6 Å². The van der Waals surface area contributed by atoms with Gasteiger partial charge in [0.15, 0.2) is 0 Å². The molecule has 94 valence electrons. The number of carbonyl (C=O) groups excluding carboxylic acids is 1. The van der Waals surface area contributed by atoms with Crippen LogP contribution in [0.3, 0.4) is 0 Å². The van der Waals surface area contributed by atoms with Crippen LogP contribution in [0.4, 0.5) is 0 Å². The Bertz CT molecular complexity index is 383. The summed E-state index contributed by atoms with van der Waals surface area (Å²) < 4.78 is 0. The van der Waals surface area contributed by atoms with Crippen molar-refractivity contribution >= 4 is 29.1 Å². The van der Waals surface area contributed by atoms with E-state index in [1.165, 1.54) is 0 Å². The lowest BCUT2D eigenvalue weighted by atomic mass is 10.1. The predicted molar refractivity (Wildman–Crippen MR) is 71.7 cm³/mol. The Labute approximate surface area is 111 Å². The molecule has 3 nitrogen and oxygen atoms in total. The quantitative estimate of drug-likeness (QED) is 0.836. The van der Waals surface area contributed by atoms with Crippen LogP contribution in [0.5, 0.6) is 0 Å². The van der Waals surface area contributed by atoms with E-state index in [9.17, 15) is 4.79 Å². The van der Waals surface area contributed by atoms with E-state index in [1.54, 1.807) is 12.1 Å². The number of hydrogen-bond acceptors (Lipinski definition) is 2. The fourth-order valence-corrected chi connectivity index (χ4v) is 1.87. The van der Waals surface area contributed by atoms with Crippen LogP contribution in [-0.2, 0) is 11.2 Å². The largest absolute Gasteiger partial charge is 0.355 e. The molecule has 1 amide bonds. The smallest absolute Gasteiger partial charge is 0.233 e. The summed E-state index contributed by atoms with van der Waals surface area (Å²) in [5.41, 5.74) is 0.986. The summed E-state index contributed by atoms with van der Waals surface area (Å²) in [5, 5.41) is 7.03. The SMILES string of the molecule is CCNCC(=O)NCCc1ccc(Cl)cc1Cl. The molecule has 0 saturated heterocycles. The molecule has 0 bridgehead atoms. The first-order chi connectivity index (χ1) is 8.13. The lowest BCUT2D eigenvalue weighted by Crippen LogP contribution is -2.34. The first kappa shape index (κ1) is 14.3. The van der Waals surface area contributed by atoms with Gasteiger partial charge in [-0.3, -0.25) is 4.79 Å². The third-order valence-electron chi connectivity index (χ3n) is 2.27. The van der Waals surface area contributed by atoms with Crippen LogP contribution in [0.1, 0.15) is 12.5 Å². The van der Waals surface area contributed by atoms with Gasteiger partial charge >= 0.3 is 0 Å². The van der Waals surface area contributed by atoms with Crippen LogP contribution < -0.4 is 10.6 Å². The molecule has 0 unspecified atom stereocenters. The number of rotatable bonds is 6. The summed E-state index contributed by atoms with van der Waals surface area (Å²) in [6, 6.07) is 5.38. The molecule has 17 heavy (non-hydrogen) atoms. The molecule has 1 aromatic rings. The molecule has 0 saturated carbocycles. The molecule has 0 heterocycles. The van der Waals surface area contributed by atoms with Gasteiger partial charge in [-0.2, -0.15) is 0 Å². The Morgan fingerprint density at radius 3 is 2.76 bits per heavy atom. The van der Waals surface area contributed by atoms with Gasteiger partial charge in [0, 0.05) is 16.6 Å². The fourth-order valence-electron chi connectivity index (χ4n) is 1.36. The van der Waals surface area contributed by atoms with E-state index in [2.05, 4.69) is 10.6 Å². The van der Waals surface area contributed by atoms with Crippen molar-refractivity contribution in [2.45, 2.75) is 13.3 Å². The van der Waals surface area contributed by atoms with E-state index in [-0.39, 0.29) is 5.91 Å². The normalized spacial score (nSPS) is 10.3. The van der Waals surface area contributed by atoms with Crippen molar-refractivity contribution in [2.75, 3.05) is 19.6 Å². The average molecular weight is 275 g/mol. The summed E-state index contributed by atoms with van der Waals surface area (Å²) >= 11 is 11.8. The zero-order valence-electron chi connectivity index (χ0n) is 9.72. The zero-order valence-corrected chi connectivity index (χ0v) is 11.2. The van der Waals surface area contributed by atoms with Crippen molar-refractivity contribution in [1.29, 1.82) is 0 Å². The van der Waals surface area contributed by atoms with E-state index in [0.29, 0.717) is 29.6 Å². The van der Waals surface area contributed by atoms with Gasteiger partial charge in [0.2, 0.25) is 5.91 Å². The summed E-state index contributed by atoms with van der Waals surface area (Å²) in [5.74, 6) is -0.00284. The van der Waals surface area contributed by atoms with Gasteiger partial charge in [-0.05, 0) is 30.7 Å².